The lowest BCUT2D eigenvalue weighted by atomic mass is 9.90. The Bertz CT molecular complexity index is 1330. The van der Waals surface area contributed by atoms with Crippen LogP contribution >= 0.6 is 0 Å². The van der Waals surface area contributed by atoms with Crippen LogP contribution in [0.4, 0.5) is 11.6 Å². The summed E-state index contributed by atoms with van der Waals surface area (Å²) in [6.45, 7) is 6.20. The maximum Gasteiger partial charge on any atom is 0.154 e. The van der Waals surface area contributed by atoms with E-state index in [-0.39, 0.29) is 5.92 Å². The van der Waals surface area contributed by atoms with Gasteiger partial charge >= 0.3 is 0 Å². The molecule has 0 saturated carbocycles. The first-order valence-corrected chi connectivity index (χ1v) is 10.7. The summed E-state index contributed by atoms with van der Waals surface area (Å²) in [5.41, 5.74) is 5.62. The van der Waals surface area contributed by atoms with Crippen LogP contribution in [0.3, 0.4) is 0 Å². The molecule has 0 spiro atoms. The van der Waals surface area contributed by atoms with E-state index in [0.29, 0.717) is 23.3 Å². The van der Waals surface area contributed by atoms with Gasteiger partial charge in [0.25, 0.3) is 0 Å². The van der Waals surface area contributed by atoms with Crippen molar-refractivity contribution in [1.82, 2.24) is 25.1 Å². The molecular formula is C25H26N8. The first-order valence-electron chi connectivity index (χ1n) is 10.7. The number of aryl methyl sites for hydroxylation is 1. The van der Waals surface area contributed by atoms with Crippen molar-refractivity contribution in [1.29, 1.82) is 5.41 Å². The largest absolute Gasteiger partial charge is 0.323 e. The zero-order valence-electron chi connectivity index (χ0n) is 19.1. The minimum absolute atomic E-state index is 0.355. The quantitative estimate of drug-likeness (QED) is 0.399. The van der Waals surface area contributed by atoms with E-state index in [0.717, 1.165) is 33.3 Å². The molecule has 4 aromatic heterocycles. The number of pyridine rings is 3. The van der Waals surface area contributed by atoms with Crippen LogP contribution in [0.5, 0.6) is 0 Å². The fourth-order valence-electron chi connectivity index (χ4n) is 3.54. The molecule has 2 N–H and O–H groups in total. The molecule has 0 aliphatic rings. The second-order valence-electron chi connectivity index (χ2n) is 8.15. The highest BCUT2D eigenvalue weighted by molar-refractivity contribution is 6.12. The predicted octanol–water partition coefficient (Wildman–Crippen LogP) is 4.84. The Labute approximate surface area is 192 Å². The van der Waals surface area contributed by atoms with Gasteiger partial charge in [0.2, 0.25) is 0 Å². The number of aliphatic imine (C=N–C) groups is 1. The number of fused-ring (bicyclic) bond motifs is 1. The molecule has 4 heterocycles. The molecule has 4 aromatic rings. The number of nitrogens with zero attached hydrogens (tertiary/aromatic N) is 6. The number of hydrogen-bond acceptors (Lipinski definition) is 8. The molecular weight excluding hydrogens is 412 g/mol. The van der Waals surface area contributed by atoms with Gasteiger partial charge in [-0.15, -0.1) is 5.10 Å². The van der Waals surface area contributed by atoms with E-state index in [1.54, 1.807) is 38.0 Å². The molecule has 0 aromatic carbocycles. The van der Waals surface area contributed by atoms with Gasteiger partial charge in [-0.25, -0.2) is 4.98 Å². The number of rotatable bonds is 7. The Balaban J connectivity index is 1.68. The van der Waals surface area contributed by atoms with Crippen LogP contribution in [0.2, 0.25) is 0 Å². The van der Waals surface area contributed by atoms with Gasteiger partial charge in [-0.1, -0.05) is 13.8 Å². The van der Waals surface area contributed by atoms with Crippen molar-refractivity contribution in [2.75, 3.05) is 12.4 Å². The summed E-state index contributed by atoms with van der Waals surface area (Å²) in [5, 5.41) is 20.3. The van der Waals surface area contributed by atoms with Crippen molar-refractivity contribution < 1.29 is 0 Å². The van der Waals surface area contributed by atoms with E-state index in [4.69, 9.17) is 10.4 Å². The number of aromatic nitrogens is 5. The average Bonchev–Trinajstić information content (AvgIpc) is 2.82. The number of anilines is 2. The lowest BCUT2D eigenvalue weighted by Gasteiger charge is -2.16. The van der Waals surface area contributed by atoms with E-state index in [1.807, 2.05) is 37.3 Å². The third-order valence-electron chi connectivity index (χ3n) is 5.45. The fraction of sp³-hybridized carbons (Fsp3) is 0.240. The van der Waals surface area contributed by atoms with Gasteiger partial charge < -0.3 is 10.7 Å². The number of nitrogens with one attached hydrogen (secondary N) is 2. The van der Waals surface area contributed by atoms with Crippen LogP contribution in [0.1, 0.15) is 47.9 Å². The molecule has 0 radical (unpaired) electrons. The van der Waals surface area contributed by atoms with Gasteiger partial charge in [0.15, 0.2) is 5.82 Å². The number of hydrogen-bond donors (Lipinski definition) is 2. The summed E-state index contributed by atoms with van der Waals surface area (Å²) in [4.78, 5) is 17.7. The summed E-state index contributed by atoms with van der Waals surface area (Å²) in [6.07, 6.45) is 8.75. The van der Waals surface area contributed by atoms with Gasteiger partial charge in [0.1, 0.15) is 5.82 Å². The molecule has 1 unspecified atom stereocenters. The van der Waals surface area contributed by atoms with E-state index in [2.05, 4.69) is 44.3 Å². The van der Waals surface area contributed by atoms with E-state index in [1.165, 1.54) is 0 Å². The van der Waals surface area contributed by atoms with Crippen LogP contribution in [0, 0.1) is 12.3 Å². The topological polar surface area (TPSA) is 113 Å². The molecule has 166 valence electrons. The lowest BCUT2D eigenvalue weighted by Crippen LogP contribution is -2.16. The molecule has 33 heavy (non-hydrogen) atoms. The van der Waals surface area contributed by atoms with Gasteiger partial charge in [0, 0.05) is 37.4 Å². The SMILES string of the molecule is CN=CC(C(=N)c1cnccc1C)c1cnc2ccc(Nc3cc(C(C)C)cnn3)nc2c1. The van der Waals surface area contributed by atoms with Gasteiger partial charge in [-0.2, -0.15) is 5.10 Å². The molecule has 0 fully saturated rings. The first-order chi connectivity index (χ1) is 16.0. The van der Waals surface area contributed by atoms with Crippen molar-refractivity contribution in [3.8, 4) is 0 Å². The third kappa shape index (κ3) is 4.90. The minimum atomic E-state index is -0.359. The van der Waals surface area contributed by atoms with Crippen molar-refractivity contribution in [3.05, 3.63) is 77.4 Å². The molecule has 1 atom stereocenters. The van der Waals surface area contributed by atoms with Gasteiger partial charge in [-0.3, -0.25) is 15.0 Å². The Kier molecular flexibility index (Phi) is 6.44. The Morgan fingerprint density at radius 2 is 1.88 bits per heavy atom. The van der Waals surface area contributed by atoms with Crippen LogP contribution in [-0.4, -0.2) is 44.1 Å². The van der Waals surface area contributed by atoms with Crippen molar-refractivity contribution in [3.63, 3.8) is 0 Å². The monoisotopic (exact) mass is 438 g/mol. The third-order valence-corrected chi connectivity index (χ3v) is 5.45. The second kappa shape index (κ2) is 9.60. The van der Waals surface area contributed by atoms with Crippen molar-refractivity contribution >= 4 is 34.6 Å². The second-order valence-corrected chi connectivity index (χ2v) is 8.15. The predicted molar refractivity (Wildman–Crippen MR) is 132 cm³/mol. The standard InChI is InChI=1S/C25H26N8/c1-15(2)17-10-24(33-30-12-17)32-23-6-5-21-22(31-23)9-18(11-29-21)20(13-27-4)25(26)19-14-28-8-7-16(19)3/h5-15,20,26H,1-4H3,(H,31,32,33). The van der Waals surface area contributed by atoms with E-state index < -0.39 is 0 Å². The van der Waals surface area contributed by atoms with Gasteiger partial charge in [-0.05, 0) is 59.9 Å². The highest BCUT2D eigenvalue weighted by Gasteiger charge is 2.19. The molecule has 8 nitrogen and oxygen atoms in total. The Morgan fingerprint density at radius 1 is 1.03 bits per heavy atom. The summed E-state index contributed by atoms with van der Waals surface area (Å²) < 4.78 is 0. The molecule has 0 aliphatic heterocycles. The minimum Gasteiger partial charge on any atom is -0.323 e. The molecule has 0 amide bonds. The average molecular weight is 439 g/mol. The zero-order chi connectivity index (χ0) is 23.4. The maximum absolute atomic E-state index is 8.82. The molecule has 0 saturated heterocycles. The Hall–Kier alpha value is -4.07. The Morgan fingerprint density at radius 3 is 2.64 bits per heavy atom. The van der Waals surface area contributed by atoms with Gasteiger partial charge in [0.05, 0.1) is 28.9 Å². The highest BCUT2D eigenvalue weighted by Crippen LogP contribution is 2.25. The fourth-order valence-corrected chi connectivity index (χ4v) is 3.54. The van der Waals surface area contributed by atoms with Crippen molar-refractivity contribution in [2.24, 2.45) is 4.99 Å². The smallest absolute Gasteiger partial charge is 0.154 e. The normalized spacial score (nSPS) is 12.4. The van der Waals surface area contributed by atoms with Crippen LogP contribution in [0.15, 0.2) is 60.1 Å². The van der Waals surface area contributed by atoms with E-state index >= 15 is 0 Å². The summed E-state index contributed by atoms with van der Waals surface area (Å²) in [7, 11) is 1.71. The lowest BCUT2D eigenvalue weighted by molar-refractivity contribution is 0.843. The van der Waals surface area contributed by atoms with Crippen LogP contribution in [-0.2, 0) is 0 Å². The maximum atomic E-state index is 8.82. The van der Waals surface area contributed by atoms with Crippen LogP contribution in [0.25, 0.3) is 11.0 Å². The first kappa shape index (κ1) is 22.1. The van der Waals surface area contributed by atoms with E-state index in [9.17, 15) is 0 Å². The summed E-state index contributed by atoms with van der Waals surface area (Å²) >= 11 is 0. The zero-order valence-corrected chi connectivity index (χ0v) is 19.1. The summed E-state index contributed by atoms with van der Waals surface area (Å²) in [6, 6.07) is 9.61. The molecule has 8 heteroatoms. The molecule has 0 aliphatic carbocycles. The molecule has 4 rings (SSSR count). The van der Waals surface area contributed by atoms with Crippen molar-refractivity contribution in [2.45, 2.75) is 32.6 Å². The van der Waals surface area contributed by atoms with Crippen LogP contribution < -0.4 is 5.32 Å². The summed E-state index contributed by atoms with van der Waals surface area (Å²) in [5.74, 6) is 1.28. The molecule has 0 bridgehead atoms. The highest BCUT2D eigenvalue weighted by atomic mass is 15.2.